The van der Waals surface area contributed by atoms with Crippen molar-refractivity contribution in [3.63, 3.8) is 0 Å². The monoisotopic (exact) mass is 229 g/mol. The number of hydrogen-bond acceptors (Lipinski definition) is 3. The van der Waals surface area contributed by atoms with Crippen molar-refractivity contribution in [1.29, 1.82) is 0 Å². The second-order valence-corrected chi connectivity index (χ2v) is 5.67. The van der Waals surface area contributed by atoms with Crippen molar-refractivity contribution in [1.82, 2.24) is 4.90 Å². The molecule has 1 heterocycles. The summed E-state index contributed by atoms with van der Waals surface area (Å²) in [6.45, 7) is 1.13. The van der Waals surface area contributed by atoms with Gasteiger partial charge in [0, 0.05) is 24.3 Å². The third-order valence-electron chi connectivity index (χ3n) is 3.28. The predicted octanol–water partition coefficient (Wildman–Crippen LogP) is 0.815. The van der Waals surface area contributed by atoms with E-state index in [1.165, 1.54) is 0 Å². The Labute approximate surface area is 93.0 Å². The van der Waals surface area contributed by atoms with Gasteiger partial charge < -0.3 is 10.0 Å². The highest BCUT2D eigenvalue weighted by atomic mass is 32.2. The van der Waals surface area contributed by atoms with E-state index in [4.69, 9.17) is 5.11 Å². The van der Waals surface area contributed by atoms with Gasteiger partial charge in [-0.2, -0.15) is 11.8 Å². The summed E-state index contributed by atoms with van der Waals surface area (Å²) in [5.41, 5.74) is 0. The highest BCUT2D eigenvalue weighted by Crippen LogP contribution is 2.48. The topological polar surface area (TPSA) is 57.6 Å². The second kappa shape index (κ2) is 3.70. The molecule has 0 bridgehead atoms. The number of carbonyl (C=O) groups is 2. The van der Waals surface area contributed by atoms with Gasteiger partial charge in [-0.1, -0.05) is 0 Å². The Hall–Kier alpha value is -0.710. The Bertz CT molecular complexity index is 301. The van der Waals surface area contributed by atoms with Crippen molar-refractivity contribution in [3.8, 4) is 0 Å². The summed E-state index contributed by atoms with van der Waals surface area (Å²) in [6, 6.07) is 0. The lowest BCUT2D eigenvalue weighted by Gasteiger charge is -2.21. The summed E-state index contributed by atoms with van der Waals surface area (Å²) in [6.07, 6.45) is 4.54. The van der Waals surface area contributed by atoms with Crippen LogP contribution in [-0.4, -0.2) is 46.0 Å². The molecule has 1 amide bonds. The summed E-state index contributed by atoms with van der Waals surface area (Å²) in [7, 11) is 0. The molecule has 0 aromatic carbocycles. The minimum Gasteiger partial charge on any atom is -0.481 e. The van der Waals surface area contributed by atoms with Crippen molar-refractivity contribution in [2.24, 2.45) is 5.92 Å². The fraction of sp³-hybridized carbons (Fsp3) is 0.800. The van der Waals surface area contributed by atoms with Gasteiger partial charge in [0.1, 0.15) is 0 Å². The number of rotatable bonds is 4. The first kappa shape index (κ1) is 10.8. The maximum absolute atomic E-state index is 11.6. The Morgan fingerprint density at radius 1 is 1.67 bits per heavy atom. The number of carbonyl (C=O) groups excluding carboxylic acids is 1. The first-order chi connectivity index (χ1) is 7.06. The van der Waals surface area contributed by atoms with Gasteiger partial charge in [-0.3, -0.25) is 9.59 Å². The molecule has 0 aromatic heterocycles. The molecule has 2 rings (SSSR count). The lowest BCUT2D eigenvalue weighted by molar-refractivity contribution is -0.141. The van der Waals surface area contributed by atoms with Gasteiger partial charge in [-0.25, -0.2) is 0 Å². The number of amides is 1. The van der Waals surface area contributed by atoms with Crippen molar-refractivity contribution < 1.29 is 14.7 Å². The smallest absolute Gasteiger partial charge is 0.308 e. The third-order valence-corrected chi connectivity index (χ3v) is 4.69. The Kier molecular flexibility index (Phi) is 2.66. The molecule has 2 fully saturated rings. The SMILES string of the molecule is CSC1(CN2CC(C(=O)O)CC2=O)CC1. The Morgan fingerprint density at radius 3 is 2.73 bits per heavy atom. The molecule has 1 unspecified atom stereocenters. The van der Waals surface area contributed by atoms with Gasteiger partial charge in [0.2, 0.25) is 5.91 Å². The van der Waals surface area contributed by atoms with Crippen molar-refractivity contribution in [3.05, 3.63) is 0 Å². The molecular weight excluding hydrogens is 214 g/mol. The average Bonchev–Trinajstić information content (AvgIpc) is 2.87. The summed E-state index contributed by atoms with van der Waals surface area (Å²) in [4.78, 5) is 24.0. The second-order valence-electron chi connectivity index (χ2n) is 4.40. The number of likely N-dealkylation sites (tertiary alicyclic amines) is 1. The lowest BCUT2D eigenvalue weighted by Crippen LogP contribution is -2.33. The van der Waals surface area contributed by atoms with Crippen LogP contribution >= 0.6 is 11.8 Å². The van der Waals surface area contributed by atoms with Crippen LogP contribution in [0.1, 0.15) is 19.3 Å². The number of hydrogen-bond donors (Lipinski definition) is 1. The van der Waals surface area contributed by atoms with Crippen LogP contribution in [0.2, 0.25) is 0 Å². The first-order valence-corrected chi connectivity index (χ1v) is 6.34. The van der Waals surface area contributed by atoms with Gasteiger partial charge >= 0.3 is 5.97 Å². The average molecular weight is 229 g/mol. The fourth-order valence-corrected chi connectivity index (χ4v) is 2.80. The molecule has 0 radical (unpaired) electrons. The number of carboxylic acid groups (broad SMARTS) is 1. The molecule has 1 atom stereocenters. The largest absolute Gasteiger partial charge is 0.481 e. The predicted molar refractivity (Wildman–Crippen MR) is 57.8 cm³/mol. The molecule has 1 aliphatic carbocycles. The molecule has 5 heteroatoms. The molecule has 1 saturated carbocycles. The minimum atomic E-state index is -0.847. The molecule has 15 heavy (non-hydrogen) atoms. The summed E-state index contributed by atoms with van der Waals surface area (Å²) < 4.78 is 0.239. The van der Waals surface area contributed by atoms with Crippen molar-refractivity contribution >= 4 is 23.6 Å². The van der Waals surface area contributed by atoms with Gasteiger partial charge in [0.05, 0.1) is 5.92 Å². The van der Waals surface area contributed by atoms with Gasteiger partial charge in [0.25, 0.3) is 0 Å². The molecule has 0 spiro atoms. The molecule has 1 N–H and O–H groups in total. The highest BCUT2D eigenvalue weighted by Gasteiger charge is 2.46. The highest BCUT2D eigenvalue weighted by molar-refractivity contribution is 8.00. The molecule has 2 aliphatic rings. The zero-order valence-electron chi connectivity index (χ0n) is 8.73. The quantitative estimate of drug-likeness (QED) is 0.775. The van der Waals surface area contributed by atoms with Crippen LogP contribution in [0.4, 0.5) is 0 Å². The lowest BCUT2D eigenvalue weighted by atomic mass is 10.1. The molecule has 4 nitrogen and oxygen atoms in total. The third kappa shape index (κ3) is 2.12. The number of carboxylic acids is 1. The van der Waals surface area contributed by atoms with E-state index in [2.05, 4.69) is 6.26 Å². The Morgan fingerprint density at radius 2 is 2.33 bits per heavy atom. The van der Waals surface area contributed by atoms with Gasteiger partial charge in [-0.05, 0) is 19.1 Å². The zero-order chi connectivity index (χ0) is 11.1. The first-order valence-electron chi connectivity index (χ1n) is 5.12. The molecule has 0 aromatic rings. The number of thioether (sulfide) groups is 1. The van der Waals surface area contributed by atoms with E-state index < -0.39 is 11.9 Å². The zero-order valence-corrected chi connectivity index (χ0v) is 9.55. The molecular formula is C10H15NO3S. The summed E-state index contributed by atoms with van der Waals surface area (Å²) in [5, 5.41) is 8.84. The van der Waals surface area contributed by atoms with Gasteiger partial charge in [0.15, 0.2) is 0 Å². The van der Waals surface area contributed by atoms with E-state index in [1.807, 2.05) is 0 Å². The van der Waals surface area contributed by atoms with Crippen LogP contribution in [0, 0.1) is 5.92 Å². The van der Waals surface area contributed by atoms with E-state index in [9.17, 15) is 9.59 Å². The number of nitrogens with zero attached hydrogens (tertiary/aromatic N) is 1. The molecule has 84 valence electrons. The van der Waals surface area contributed by atoms with Crippen LogP contribution < -0.4 is 0 Å². The van der Waals surface area contributed by atoms with Crippen molar-refractivity contribution in [2.75, 3.05) is 19.3 Å². The molecule has 1 saturated heterocycles. The maximum atomic E-state index is 11.6. The van der Waals surface area contributed by atoms with E-state index >= 15 is 0 Å². The summed E-state index contributed by atoms with van der Waals surface area (Å²) in [5.74, 6) is -1.34. The number of aliphatic carboxylic acids is 1. The fourth-order valence-electron chi connectivity index (χ4n) is 2.00. The maximum Gasteiger partial charge on any atom is 0.308 e. The molecule has 1 aliphatic heterocycles. The van der Waals surface area contributed by atoms with Crippen LogP contribution in [0.25, 0.3) is 0 Å². The van der Waals surface area contributed by atoms with Crippen LogP contribution in [0.3, 0.4) is 0 Å². The van der Waals surface area contributed by atoms with E-state index in [-0.39, 0.29) is 17.1 Å². The van der Waals surface area contributed by atoms with E-state index in [0.717, 1.165) is 19.4 Å². The summed E-state index contributed by atoms with van der Waals surface area (Å²) >= 11 is 1.80. The van der Waals surface area contributed by atoms with Crippen LogP contribution in [-0.2, 0) is 9.59 Å². The van der Waals surface area contributed by atoms with Crippen molar-refractivity contribution in [2.45, 2.75) is 24.0 Å². The normalized spacial score (nSPS) is 28.2. The van der Waals surface area contributed by atoms with E-state index in [1.54, 1.807) is 16.7 Å². The standard InChI is InChI=1S/C10H15NO3S/c1-15-10(2-3-10)6-11-5-7(9(13)14)4-8(11)12/h7H,2-6H2,1H3,(H,13,14). The Balaban J connectivity index is 1.94. The van der Waals surface area contributed by atoms with Gasteiger partial charge in [-0.15, -0.1) is 0 Å². The minimum absolute atomic E-state index is 0.00252. The van der Waals surface area contributed by atoms with Crippen LogP contribution in [0.15, 0.2) is 0 Å². The van der Waals surface area contributed by atoms with Crippen LogP contribution in [0.5, 0.6) is 0 Å². The van der Waals surface area contributed by atoms with E-state index in [0.29, 0.717) is 6.54 Å².